The molecule has 0 saturated carbocycles. The van der Waals surface area contributed by atoms with E-state index in [9.17, 15) is 0 Å². The van der Waals surface area contributed by atoms with Gasteiger partial charge >= 0.3 is 0 Å². The van der Waals surface area contributed by atoms with Crippen LogP contribution in [-0.2, 0) is 0 Å². The summed E-state index contributed by atoms with van der Waals surface area (Å²) in [6.45, 7) is 0.434. The zero-order chi connectivity index (χ0) is 8.53. The molecule has 0 aromatic rings. The molecule has 0 aromatic heterocycles. The van der Waals surface area contributed by atoms with Crippen molar-refractivity contribution in [2.45, 2.75) is 25.7 Å². The Morgan fingerprint density at radius 2 is 2.00 bits per heavy atom. The van der Waals surface area contributed by atoms with Gasteiger partial charge in [0, 0.05) is 13.0 Å². The summed E-state index contributed by atoms with van der Waals surface area (Å²) in [6.07, 6.45) is 3.23. The second kappa shape index (κ2) is 7.05. The SMILES string of the molecule is N#CCCCCC(C#N)CN. The van der Waals surface area contributed by atoms with Crippen molar-refractivity contribution in [1.82, 2.24) is 0 Å². The summed E-state index contributed by atoms with van der Waals surface area (Å²) in [5.41, 5.74) is 5.31. The van der Waals surface area contributed by atoms with Crippen LogP contribution in [0.25, 0.3) is 0 Å². The Morgan fingerprint density at radius 1 is 1.27 bits per heavy atom. The minimum absolute atomic E-state index is 0.0197. The maximum absolute atomic E-state index is 8.49. The van der Waals surface area contributed by atoms with E-state index >= 15 is 0 Å². The van der Waals surface area contributed by atoms with E-state index in [1.165, 1.54) is 0 Å². The number of rotatable bonds is 5. The lowest BCUT2D eigenvalue weighted by Gasteiger charge is -2.02. The van der Waals surface area contributed by atoms with Gasteiger partial charge in [-0.1, -0.05) is 6.42 Å². The molecule has 2 N–H and O–H groups in total. The standard InChI is InChI=1S/C8H13N3/c9-5-3-1-2-4-8(6-10)7-11/h8H,1-4,6,10H2. The number of nitriles is 2. The molecule has 1 unspecified atom stereocenters. The number of nitrogens with zero attached hydrogens (tertiary/aromatic N) is 2. The van der Waals surface area contributed by atoms with Crippen molar-refractivity contribution < 1.29 is 0 Å². The molecule has 11 heavy (non-hydrogen) atoms. The zero-order valence-electron chi connectivity index (χ0n) is 6.58. The third-order valence-electron chi connectivity index (χ3n) is 1.56. The van der Waals surface area contributed by atoms with Gasteiger partial charge in [-0.25, -0.2) is 0 Å². The molecule has 0 heterocycles. The molecule has 1 atom stereocenters. The van der Waals surface area contributed by atoms with E-state index in [0.717, 1.165) is 19.3 Å². The van der Waals surface area contributed by atoms with Gasteiger partial charge in [-0.3, -0.25) is 0 Å². The molecule has 0 spiro atoms. The molecule has 3 nitrogen and oxygen atoms in total. The monoisotopic (exact) mass is 151 g/mol. The largest absolute Gasteiger partial charge is 0.329 e. The molecule has 3 heteroatoms. The van der Waals surface area contributed by atoms with Gasteiger partial charge in [0.1, 0.15) is 0 Å². The van der Waals surface area contributed by atoms with E-state index < -0.39 is 0 Å². The molecule has 0 bridgehead atoms. The number of hydrogen-bond acceptors (Lipinski definition) is 3. The normalized spacial score (nSPS) is 11.5. The topological polar surface area (TPSA) is 73.6 Å². The summed E-state index contributed by atoms with van der Waals surface area (Å²) in [4.78, 5) is 0. The van der Waals surface area contributed by atoms with Crippen LogP contribution in [-0.4, -0.2) is 6.54 Å². The van der Waals surface area contributed by atoms with E-state index in [4.69, 9.17) is 16.3 Å². The Morgan fingerprint density at radius 3 is 2.45 bits per heavy atom. The molecule has 0 radical (unpaired) electrons. The average Bonchev–Trinajstić information content (AvgIpc) is 2.05. The molecule has 0 rings (SSSR count). The maximum Gasteiger partial charge on any atom is 0.0669 e. The summed E-state index contributed by atoms with van der Waals surface area (Å²) in [5.74, 6) is -0.0197. The molecule has 0 aliphatic carbocycles. The minimum atomic E-state index is -0.0197. The second-order valence-corrected chi connectivity index (χ2v) is 2.47. The highest BCUT2D eigenvalue weighted by Gasteiger charge is 2.02. The Kier molecular flexibility index (Phi) is 6.37. The van der Waals surface area contributed by atoms with E-state index in [1.54, 1.807) is 0 Å². The summed E-state index contributed by atoms with van der Waals surface area (Å²) < 4.78 is 0. The maximum atomic E-state index is 8.49. The highest BCUT2D eigenvalue weighted by atomic mass is 14.5. The lowest BCUT2D eigenvalue weighted by Crippen LogP contribution is -2.11. The second-order valence-electron chi connectivity index (χ2n) is 2.47. The fourth-order valence-electron chi connectivity index (χ4n) is 0.830. The van der Waals surface area contributed by atoms with Crippen molar-refractivity contribution in [2.75, 3.05) is 6.54 Å². The lowest BCUT2D eigenvalue weighted by atomic mass is 10.0. The summed E-state index contributed by atoms with van der Waals surface area (Å²) in [5, 5.41) is 16.7. The molecule has 0 fully saturated rings. The molecule has 0 aliphatic heterocycles. The van der Waals surface area contributed by atoms with E-state index in [0.29, 0.717) is 13.0 Å². The van der Waals surface area contributed by atoms with Crippen LogP contribution < -0.4 is 5.73 Å². The van der Waals surface area contributed by atoms with Crippen LogP contribution in [0.2, 0.25) is 0 Å². The number of unbranched alkanes of at least 4 members (excludes halogenated alkanes) is 2. The number of hydrogen-bond donors (Lipinski definition) is 1. The quantitative estimate of drug-likeness (QED) is 0.599. The van der Waals surface area contributed by atoms with Crippen molar-refractivity contribution in [3.63, 3.8) is 0 Å². The van der Waals surface area contributed by atoms with Gasteiger partial charge < -0.3 is 5.73 Å². The Bertz CT molecular complexity index is 163. The van der Waals surface area contributed by atoms with Gasteiger partial charge in [0.2, 0.25) is 0 Å². The van der Waals surface area contributed by atoms with E-state index in [2.05, 4.69) is 12.1 Å². The first kappa shape index (κ1) is 9.94. The minimum Gasteiger partial charge on any atom is -0.329 e. The van der Waals surface area contributed by atoms with E-state index in [-0.39, 0.29) is 5.92 Å². The van der Waals surface area contributed by atoms with Crippen LogP contribution in [0.5, 0.6) is 0 Å². The van der Waals surface area contributed by atoms with Gasteiger partial charge in [-0.2, -0.15) is 10.5 Å². The van der Waals surface area contributed by atoms with Gasteiger partial charge in [0.05, 0.1) is 18.1 Å². The summed E-state index contributed by atoms with van der Waals surface area (Å²) >= 11 is 0. The average molecular weight is 151 g/mol. The third kappa shape index (κ3) is 5.39. The molecule has 0 aliphatic rings. The van der Waals surface area contributed by atoms with Gasteiger partial charge in [0.15, 0.2) is 0 Å². The van der Waals surface area contributed by atoms with Crippen LogP contribution in [0.4, 0.5) is 0 Å². The summed E-state index contributed by atoms with van der Waals surface area (Å²) in [7, 11) is 0. The third-order valence-corrected chi connectivity index (χ3v) is 1.56. The molecule has 60 valence electrons. The zero-order valence-corrected chi connectivity index (χ0v) is 6.58. The smallest absolute Gasteiger partial charge is 0.0669 e. The molecular weight excluding hydrogens is 138 g/mol. The van der Waals surface area contributed by atoms with Crippen molar-refractivity contribution >= 4 is 0 Å². The van der Waals surface area contributed by atoms with E-state index in [1.807, 2.05) is 0 Å². The number of nitrogens with two attached hydrogens (primary N) is 1. The van der Waals surface area contributed by atoms with Crippen LogP contribution in [0, 0.1) is 28.6 Å². The molecule has 0 aromatic carbocycles. The lowest BCUT2D eigenvalue weighted by molar-refractivity contribution is 0.565. The van der Waals surface area contributed by atoms with Crippen LogP contribution >= 0.6 is 0 Å². The summed E-state index contributed by atoms with van der Waals surface area (Å²) in [6, 6.07) is 4.18. The van der Waals surface area contributed by atoms with Gasteiger partial charge in [-0.05, 0) is 12.8 Å². The Balaban J connectivity index is 3.25. The Labute approximate surface area is 67.4 Å². The predicted octanol–water partition coefficient (Wildman–Crippen LogP) is 1.17. The Hall–Kier alpha value is -1.06. The predicted molar refractivity (Wildman–Crippen MR) is 42.2 cm³/mol. The molecule has 0 saturated heterocycles. The first-order valence-corrected chi connectivity index (χ1v) is 3.81. The fourth-order valence-corrected chi connectivity index (χ4v) is 0.830. The van der Waals surface area contributed by atoms with Crippen LogP contribution in [0.3, 0.4) is 0 Å². The molecule has 0 amide bonds. The van der Waals surface area contributed by atoms with Crippen LogP contribution in [0.15, 0.2) is 0 Å². The fraction of sp³-hybridized carbons (Fsp3) is 0.750. The van der Waals surface area contributed by atoms with Gasteiger partial charge in [-0.15, -0.1) is 0 Å². The molecular formula is C8H13N3. The van der Waals surface area contributed by atoms with Crippen LogP contribution in [0.1, 0.15) is 25.7 Å². The van der Waals surface area contributed by atoms with Crippen molar-refractivity contribution in [3.05, 3.63) is 0 Å². The first-order chi connectivity index (χ1) is 5.35. The van der Waals surface area contributed by atoms with Crippen molar-refractivity contribution in [1.29, 1.82) is 10.5 Å². The highest BCUT2D eigenvalue weighted by Crippen LogP contribution is 2.06. The van der Waals surface area contributed by atoms with Crippen molar-refractivity contribution in [2.24, 2.45) is 11.7 Å². The first-order valence-electron chi connectivity index (χ1n) is 3.81. The highest BCUT2D eigenvalue weighted by molar-refractivity contribution is 4.83. The van der Waals surface area contributed by atoms with Gasteiger partial charge in [0.25, 0.3) is 0 Å². The van der Waals surface area contributed by atoms with Crippen molar-refractivity contribution in [3.8, 4) is 12.1 Å².